The van der Waals surface area contributed by atoms with E-state index >= 15 is 0 Å². The summed E-state index contributed by atoms with van der Waals surface area (Å²) in [5.41, 5.74) is -5.74. The fourth-order valence-electron chi connectivity index (χ4n) is 4.17. The van der Waals surface area contributed by atoms with Gasteiger partial charge in [0.15, 0.2) is 0 Å². The first-order valence-electron chi connectivity index (χ1n) is 17.9. The van der Waals surface area contributed by atoms with E-state index in [2.05, 4.69) is 55.4 Å². The van der Waals surface area contributed by atoms with Crippen molar-refractivity contribution in [1.82, 2.24) is 0 Å². The molecule has 0 bridgehead atoms. The molecule has 0 aromatic carbocycles. The lowest BCUT2D eigenvalue weighted by molar-refractivity contribution is -0.196. The highest BCUT2D eigenvalue weighted by atomic mass is 16.6. The summed E-state index contributed by atoms with van der Waals surface area (Å²) in [6.45, 7) is 34.1. The fraction of sp³-hybridized carbons (Fsp3) is 1.00. The molecule has 0 unspecified atom stereocenters. The molecule has 0 aliphatic rings. The minimum atomic E-state index is -0.730. The van der Waals surface area contributed by atoms with E-state index in [0.29, 0.717) is 78.5 Å². The molecule has 0 atom stereocenters. The van der Waals surface area contributed by atoms with Crippen LogP contribution in [0.1, 0.15) is 136 Å². The van der Waals surface area contributed by atoms with E-state index in [4.69, 9.17) is 69.3 Å². The van der Waals surface area contributed by atoms with Gasteiger partial charge in [-0.15, -0.1) is 0 Å². The summed E-state index contributed by atoms with van der Waals surface area (Å²) in [5.74, 6) is 0. The molecule has 0 saturated carbocycles. The van der Waals surface area contributed by atoms with Gasteiger partial charge in [0.2, 0.25) is 0 Å². The molecule has 0 fully saturated rings. The van der Waals surface area contributed by atoms with E-state index in [0.717, 1.165) is 0 Å². The van der Waals surface area contributed by atoms with Crippen molar-refractivity contribution < 1.29 is 37.9 Å². The average molecular weight is 688 g/mol. The third-order valence-corrected chi connectivity index (χ3v) is 7.79. The highest BCUT2D eigenvalue weighted by Crippen LogP contribution is 2.32. The van der Waals surface area contributed by atoms with E-state index in [9.17, 15) is 0 Å². The van der Waals surface area contributed by atoms with Crippen molar-refractivity contribution in [3.05, 3.63) is 0 Å². The summed E-state index contributed by atoms with van der Waals surface area (Å²) in [7, 11) is 24.3. The standard InChI is InChI=1S/C37H72B4O8/c1-29(2,17-21-42-33(9,10)38)46-25-37(26-47-30(3,4)18-22-43-34(11,12)39,27-48-31(5,6)19-23-44-35(13,14)40)28-49-32(7,8)20-24-45-36(15,16)41/h17-28H2,1-16H3. The zero-order chi connectivity index (χ0) is 38.6. The van der Waals surface area contributed by atoms with Gasteiger partial charge in [0.1, 0.15) is 31.4 Å². The van der Waals surface area contributed by atoms with Crippen molar-refractivity contribution in [2.45, 2.75) is 181 Å². The van der Waals surface area contributed by atoms with Crippen molar-refractivity contribution in [3.8, 4) is 0 Å². The zero-order valence-electron chi connectivity index (χ0n) is 34.6. The van der Waals surface area contributed by atoms with E-state index in [-0.39, 0.29) is 0 Å². The highest BCUT2D eigenvalue weighted by Gasteiger charge is 2.40. The molecule has 0 N–H and O–H groups in total. The van der Waals surface area contributed by atoms with Crippen LogP contribution in [0.5, 0.6) is 0 Å². The molecule has 0 heterocycles. The largest absolute Gasteiger partial charge is 0.385 e. The molecule has 0 saturated heterocycles. The summed E-state index contributed by atoms with van der Waals surface area (Å²) in [4.78, 5) is 0. The molecule has 0 aromatic heterocycles. The normalized spacial score (nSPS) is 14.9. The maximum absolute atomic E-state index is 6.70. The molecule has 0 amide bonds. The molecular formula is C37H72B4O8. The van der Waals surface area contributed by atoms with Gasteiger partial charge < -0.3 is 37.9 Å². The molecule has 0 spiro atoms. The van der Waals surface area contributed by atoms with Crippen LogP contribution in [0.3, 0.4) is 0 Å². The Hall–Kier alpha value is -0.0603. The molecule has 49 heavy (non-hydrogen) atoms. The van der Waals surface area contributed by atoms with E-state index in [1.807, 2.05) is 55.4 Å². The lowest BCUT2D eigenvalue weighted by Crippen LogP contribution is -2.49. The minimum Gasteiger partial charge on any atom is -0.385 e. The first-order valence-corrected chi connectivity index (χ1v) is 17.9. The van der Waals surface area contributed by atoms with Crippen LogP contribution >= 0.6 is 0 Å². The van der Waals surface area contributed by atoms with Gasteiger partial charge in [0.05, 0.1) is 54.2 Å². The van der Waals surface area contributed by atoms with Gasteiger partial charge in [0, 0.05) is 48.4 Å². The summed E-state index contributed by atoms with van der Waals surface area (Å²) >= 11 is 0. The second kappa shape index (κ2) is 19.3. The molecule has 8 nitrogen and oxygen atoms in total. The summed E-state index contributed by atoms with van der Waals surface area (Å²) in [6.07, 6.45) is 2.55. The highest BCUT2D eigenvalue weighted by molar-refractivity contribution is 6.14. The topological polar surface area (TPSA) is 73.8 Å². The van der Waals surface area contributed by atoms with Crippen molar-refractivity contribution in [2.24, 2.45) is 5.41 Å². The third kappa shape index (κ3) is 28.2. The van der Waals surface area contributed by atoms with Crippen molar-refractivity contribution >= 4 is 31.4 Å². The van der Waals surface area contributed by atoms with Gasteiger partial charge in [-0.05, 0) is 136 Å². The van der Waals surface area contributed by atoms with Crippen molar-refractivity contribution in [3.63, 3.8) is 0 Å². The molecular weight excluding hydrogens is 616 g/mol. The maximum atomic E-state index is 6.70. The molecule has 0 aliphatic heterocycles. The molecule has 0 rings (SSSR count). The molecule has 280 valence electrons. The maximum Gasteiger partial charge on any atom is 0.112 e. The summed E-state index contributed by atoms with van der Waals surface area (Å²) in [6, 6.07) is 0. The zero-order valence-corrected chi connectivity index (χ0v) is 34.6. The van der Waals surface area contributed by atoms with Crippen LogP contribution in [0.25, 0.3) is 0 Å². The first kappa shape index (κ1) is 48.9. The Balaban J connectivity index is 6.33. The molecule has 12 heteroatoms. The van der Waals surface area contributed by atoms with Gasteiger partial charge >= 0.3 is 0 Å². The van der Waals surface area contributed by atoms with Crippen LogP contribution in [-0.4, -0.2) is 129 Å². The lowest BCUT2D eigenvalue weighted by atomic mass is 9.85. The third-order valence-electron chi connectivity index (χ3n) is 7.79. The van der Waals surface area contributed by atoms with Crippen LogP contribution in [0.4, 0.5) is 0 Å². The predicted octanol–water partition coefficient (Wildman–Crippen LogP) is 6.40. The van der Waals surface area contributed by atoms with Crippen LogP contribution < -0.4 is 0 Å². The Kier molecular flexibility index (Phi) is 19.3. The predicted molar refractivity (Wildman–Crippen MR) is 204 cm³/mol. The van der Waals surface area contributed by atoms with Gasteiger partial charge in [-0.25, -0.2) is 0 Å². The van der Waals surface area contributed by atoms with Gasteiger partial charge in [-0.2, -0.15) is 0 Å². The van der Waals surface area contributed by atoms with Crippen LogP contribution in [0, 0.1) is 5.41 Å². The van der Waals surface area contributed by atoms with Crippen molar-refractivity contribution in [1.29, 1.82) is 0 Å². The Labute approximate surface area is 307 Å². The lowest BCUT2D eigenvalue weighted by Gasteiger charge is -2.42. The van der Waals surface area contributed by atoms with Gasteiger partial charge in [-0.1, -0.05) is 0 Å². The smallest absolute Gasteiger partial charge is 0.112 e. The average Bonchev–Trinajstić information content (AvgIpc) is 2.84. The van der Waals surface area contributed by atoms with E-state index in [1.165, 1.54) is 0 Å². The van der Waals surface area contributed by atoms with Crippen LogP contribution in [-0.2, 0) is 37.9 Å². The van der Waals surface area contributed by atoms with Crippen LogP contribution in [0.15, 0.2) is 0 Å². The SMILES string of the molecule is [B]C(C)(C)OCCC(C)(C)OCC(COC(C)(C)CCOC([B])(C)C)(COC(C)(C)CCOC([B])(C)C)COC(C)(C)CCOC([B])(C)C. The number of rotatable bonds is 28. The first-order chi connectivity index (χ1) is 21.7. The Morgan fingerprint density at radius 2 is 0.449 bits per heavy atom. The van der Waals surface area contributed by atoms with E-state index < -0.39 is 49.8 Å². The number of ether oxygens (including phenoxy) is 8. The Morgan fingerprint density at radius 3 is 0.592 bits per heavy atom. The number of hydrogen-bond donors (Lipinski definition) is 0. The Bertz CT molecular complexity index is 764. The quantitative estimate of drug-likeness (QED) is 0.0876. The second-order valence-electron chi connectivity index (χ2n) is 18.5. The van der Waals surface area contributed by atoms with Gasteiger partial charge in [-0.3, -0.25) is 0 Å². The Morgan fingerprint density at radius 1 is 0.286 bits per heavy atom. The molecule has 0 aliphatic carbocycles. The number of hydrogen-bond acceptors (Lipinski definition) is 8. The molecule has 0 aromatic rings. The summed E-state index contributed by atoms with van der Waals surface area (Å²) < 4.78 is 50.1. The monoisotopic (exact) mass is 689 g/mol. The van der Waals surface area contributed by atoms with Crippen LogP contribution in [0.2, 0.25) is 0 Å². The van der Waals surface area contributed by atoms with E-state index in [1.54, 1.807) is 0 Å². The van der Waals surface area contributed by atoms with Crippen molar-refractivity contribution in [2.75, 3.05) is 52.9 Å². The summed E-state index contributed by atoms with van der Waals surface area (Å²) in [5, 5.41) is 0. The second-order valence-corrected chi connectivity index (χ2v) is 18.5. The fourth-order valence-corrected chi connectivity index (χ4v) is 4.17. The molecule has 8 radical (unpaired) electrons. The minimum absolute atomic E-state index is 0.305. The van der Waals surface area contributed by atoms with Gasteiger partial charge in [0.25, 0.3) is 0 Å².